The predicted molar refractivity (Wildman–Crippen MR) is 122 cm³/mol. The van der Waals surface area contributed by atoms with Crippen molar-refractivity contribution in [1.82, 2.24) is 0 Å². The standard InChI is InChI=1S/C27H38O5/c1-17-7-6-8-23-26(17,4)13-11-18(2)27(23,5)14-12-20-9-10-22(30-16-20)21-15-24(29)32-25(21)31-19(3)28/h7,9,15,18,22-23,25H,6,8,10-14,16H2,1-5H3/t18-,22+,23-,25-,26-,27-/m0/s1. The number of fused-ring (bicyclic) bond motifs is 1. The summed E-state index contributed by atoms with van der Waals surface area (Å²) in [5.74, 6) is 0.500. The van der Waals surface area contributed by atoms with E-state index in [0.29, 0.717) is 29.4 Å². The Morgan fingerprint density at radius 1 is 1.25 bits per heavy atom. The van der Waals surface area contributed by atoms with E-state index >= 15 is 0 Å². The lowest BCUT2D eigenvalue weighted by atomic mass is 9.47. The first-order valence-corrected chi connectivity index (χ1v) is 12.2. The first kappa shape index (κ1) is 23.3. The fourth-order valence-corrected chi connectivity index (χ4v) is 6.68. The van der Waals surface area contributed by atoms with Crippen LogP contribution < -0.4 is 0 Å². The summed E-state index contributed by atoms with van der Waals surface area (Å²) in [5.41, 5.74) is 4.21. The second-order valence-corrected chi connectivity index (χ2v) is 10.8. The molecule has 6 atom stereocenters. The molecule has 0 bridgehead atoms. The van der Waals surface area contributed by atoms with Gasteiger partial charge < -0.3 is 14.2 Å². The van der Waals surface area contributed by atoms with Crippen LogP contribution >= 0.6 is 0 Å². The maximum Gasteiger partial charge on any atom is 0.334 e. The first-order valence-electron chi connectivity index (χ1n) is 12.2. The minimum Gasteiger partial charge on any atom is -0.421 e. The van der Waals surface area contributed by atoms with Crippen LogP contribution in [0.5, 0.6) is 0 Å². The van der Waals surface area contributed by atoms with Crippen molar-refractivity contribution >= 4 is 11.9 Å². The predicted octanol–water partition coefficient (Wildman–Crippen LogP) is 5.65. The van der Waals surface area contributed by atoms with Gasteiger partial charge in [0.15, 0.2) is 0 Å². The molecule has 2 heterocycles. The Labute approximate surface area is 192 Å². The van der Waals surface area contributed by atoms with Crippen LogP contribution in [0.4, 0.5) is 0 Å². The van der Waals surface area contributed by atoms with E-state index in [1.165, 1.54) is 50.7 Å². The van der Waals surface area contributed by atoms with E-state index in [0.717, 1.165) is 18.3 Å². The number of ether oxygens (including phenoxy) is 3. The zero-order chi connectivity index (χ0) is 23.1. The minimum absolute atomic E-state index is 0.284. The molecule has 5 nitrogen and oxygen atoms in total. The lowest BCUT2D eigenvalue weighted by Crippen LogP contribution is -2.49. The third-order valence-corrected chi connectivity index (χ3v) is 9.09. The quantitative estimate of drug-likeness (QED) is 0.406. The van der Waals surface area contributed by atoms with Gasteiger partial charge in [-0.15, -0.1) is 0 Å². The third kappa shape index (κ3) is 4.21. The van der Waals surface area contributed by atoms with Gasteiger partial charge in [0.2, 0.25) is 0 Å². The van der Waals surface area contributed by atoms with Crippen LogP contribution in [0, 0.1) is 22.7 Å². The summed E-state index contributed by atoms with van der Waals surface area (Å²) < 4.78 is 16.4. The number of esters is 2. The van der Waals surface area contributed by atoms with Crippen LogP contribution in [0.25, 0.3) is 0 Å². The highest BCUT2D eigenvalue weighted by Crippen LogP contribution is 2.61. The lowest BCUT2D eigenvalue weighted by Gasteiger charge is -2.58. The van der Waals surface area contributed by atoms with Crippen LogP contribution in [0.1, 0.15) is 79.6 Å². The average molecular weight is 443 g/mol. The maximum absolute atomic E-state index is 11.7. The van der Waals surface area contributed by atoms with E-state index in [2.05, 4.69) is 39.8 Å². The Hall–Kier alpha value is -1.88. The van der Waals surface area contributed by atoms with Gasteiger partial charge in [0.25, 0.3) is 6.29 Å². The van der Waals surface area contributed by atoms with E-state index in [1.54, 1.807) is 5.57 Å². The molecule has 0 aromatic rings. The van der Waals surface area contributed by atoms with E-state index < -0.39 is 18.2 Å². The molecule has 0 unspecified atom stereocenters. The van der Waals surface area contributed by atoms with Gasteiger partial charge in [-0.3, -0.25) is 4.79 Å². The molecule has 5 heteroatoms. The fraction of sp³-hybridized carbons (Fsp3) is 0.704. The topological polar surface area (TPSA) is 61.8 Å². The van der Waals surface area contributed by atoms with Crippen LogP contribution in [-0.2, 0) is 23.8 Å². The van der Waals surface area contributed by atoms with E-state index in [4.69, 9.17) is 14.2 Å². The van der Waals surface area contributed by atoms with Crippen molar-refractivity contribution in [2.45, 2.75) is 92.0 Å². The Morgan fingerprint density at radius 2 is 2.03 bits per heavy atom. The summed E-state index contributed by atoms with van der Waals surface area (Å²) in [4.78, 5) is 23.0. The summed E-state index contributed by atoms with van der Waals surface area (Å²) in [6.45, 7) is 11.7. The molecular weight excluding hydrogens is 404 g/mol. The molecular formula is C27H38O5. The normalized spacial score (nSPS) is 39.4. The fourth-order valence-electron chi connectivity index (χ4n) is 6.68. The minimum atomic E-state index is -0.956. The number of cyclic esters (lactones) is 1. The average Bonchev–Trinajstić information content (AvgIpc) is 3.11. The Balaban J connectivity index is 1.41. The molecule has 176 valence electrons. The molecule has 0 aromatic carbocycles. The summed E-state index contributed by atoms with van der Waals surface area (Å²) in [6.07, 6.45) is 12.9. The second kappa shape index (κ2) is 8.81. The summed E-state index contributed by atoms with van der Waals surface area (Å²) >= 11 is 0. The monoisotopic (exact) mass is 442 g/mol. The molecule has 4 aliphatic rings. The number of hydrogen-bond acceptors (Lipinski definition) is 5. The van der Waals surface area contributed by atoms with Crippen molar-refractivity contribution in [2.24, 2.45) is 22.7 Å². The molecule has 0 radical (unpaired) electrons. The largest absolute Gasteiger partial charge is 0.421 e. The molecule has 0 N–H and O–H groups in total. The zero-order valence-corrected chi connectivity index (χ0v) is 20.2. The smallest absolute Gasteiger partial charge is 0.334 e. The van der Waals surface area contributed by atoms with E-state index in [1.807, 2.05) is 0 Å². The van der Waals surface area contributed by atoms with Gasteiger partial charge in [-0.2, -0.15) is 0 Å². The highest BCUT2D eigenvalue weighted by molar-refractivity contribution is 5.86. The van der Waals surface area contributed by atoms with Gasteiger partial charge in [-0.1, -0.05) is 38.5 Å². The molecule has 0 amide bonds. The Bertz CT molecular complexity index is 867. The highest BCUT2D eigenvalue weighted by Gasteiger charge is 2.52. The molecule has 0 saturated heterocycles. The van der Waals surface area contributed by atoms with Crippen molar-refractivity contribution in [2.75, 3.05) is 6.61 Å². The molecule has 1 saturated carbocycles. The number of allylic oxidation sites excluding steroid dienone is 2. The van der Waals surface area contributed by atoms with Gasteiger partial charge in [0, 0.05) is 18.6 Å². The molecule has 1 fully saturated rings. The number of carbonyl (C=O) groups is 2. The lowest BCUT2D eigenvalue weighted by molar-refractivity contribution is -0.173. The van der Waals surface area contributed by atoms with Crippen LogP contribution in [-0.4, -0.2) is 30.9 Å². The van der Waals surface area contributed by atoms with Gasteiger partial charge in [0.1, 0.15) is 0 Å². The Kier molecular flexibility index (Phi) is 6.41. The highest BCUT2D eigenvalue weighted by atomic mass is 16.7. The van der Waals surface area contributed by atoms with Crippen molar-refractivity contribution in [3.8, 4) is 0 Å². The maximum atomic E-state index is 11.7. The Morgan fingerprint density at radius 3 is 2.72 bits per heavy atom. The molecule has 2 aliphatic heterocycles. The third-order valence-electron chi connectivity index (χ3n) is 9.09. The van der Waals surface area contributed by atoms with Crippen LogP contribution in [0.3, 0.4) is 0 Å². The number of rotatable bonds is 5. The van der Waals surface area contributed by atoms with Crippen molar-refractivity contribution in [3.63, 3.8) is 0 Å². The van der Waals surface area contributed by atoms with Gasteiger partial charge in [0.05, 0.1) is 12.7 Å². The molecule has 4 rings (SSSR count). The van der Waals surface area contributed by atoms with E-state index in [-0.39, 0.29) is 6.10 Å². The van der Waals surface area contributed by atoms with Crippen molar-refractivity contribution < 1.29 is 23.8 Å². The van der Waals surface area contributed by atoms with Crippen molar-refractivity contribution in [3.05, 3.63) is 34.9 Å². The number of carbonyl (C=O) groups excluding carboxylic acids is 2. The van der Waals surface area contributed by atoms with E-state index in [9.17, 15) is 9.59 Å². The molecule has 0 aromatic heterocycles. The summed E-state index contributed by atoms with van der Waals surface area (Å²) in [5, 5.41) is 0. The van der Waals surface area contributed by atoms with Gasteiger partial charge in [-0.25, -0.2) is 4.79 Å². The SMILES string of the molecule is CC(=O)O[C@H]1OC(=O)C=C1[C@H]1CC=C(CC[C@]2(C)[C@H]3CCC=C(C)[C@]3(C)CC[C@@H]2C)CO1. The first-order chi connectivity index (χ1) is 15.1. The second-order valence-electron chi connectivity index (χ2n) is 10.8. The number of hydrogen-bond donors (Lipinski definition) is 0. The zero-order valence-electron chi connectivity index (χ0n) is 20.2. The van der Waals surface area contributed by atoms with Crippen LogP contribution in [0.15, 0.2) is 34.9 Å². The molecule has 2 aliphatic carbocycles. The summed E-state index contributed by atoms with van der Waals surface area (Å²) in [6, 6.07) is 0. The summed E-state index contributed by atoms with van der Waals surface area (Å²) in [7, 11) is 0. The van der Waals surface area contributed by atoms with Crippen LogP contribution in [0.2, 0.25) is 0 Å². The van der Waals surface area contributed by atoms with Gasteiger partial charge in [-0.05, 0) is 80.1 Å². The molecule has 0 spiro atoms. The van der Waals surface area contributed by atoms with Gasteiger partial charge >= 0.3 is 11.9 Å². The molecule has 32 heavy (non-hydrogen) atoms. The van der Waals surface area contributed by atoms with Crippen molar-refractivity contribution in [1.29, 1.82) is 0 Å².